The molecule has 2 amide bonds. The Kier molecular flexibility index (Phi) is 4.71. The first-order chi connectivity index (χ1) is 15.1. The van der Waals surface area contributed by atoms with Gasteiger partial charge in [-0.25, -0.2) is 0 Å². The molecule has 4 aromatic rings. The number of carbonyl (C=O) groups excluding carboxylic acids is 2. The zero-order chi connectivity index (χ0) is 21.4. The number of hydrogen-bond donors (Lipinski definition) is 2. The maximum Gasteiger partial charge on any atom is 0.262 e. The van der Waals surface area contributed by atoms with E-state index in [1.807, 2.05) is 65.6 Å². The maximum absolute atomic E-state index is 12.9. The largest absolute Gasteiger partial charge is 0.477 e. The van der Waals surface area contributed by atoms with Gasteiger partial charge in [-0.15, -0.1) is 0 Å². The standard InChI is InChI=1S/C24H21N3O4/c1-25-24(29)22-13-27(18-7-3-5-9-21(18)31-22)14-23(28)26-15-10-11-20-17(12-15)16-6-2-4-8-19(16)30-20/h2-12,22H,13-14H2,1H3,(H,25,29)(H,26,28)/t22-/m1/s1. The Morgan fingerprint density at radius 2 is 1.77 bits per heavy atom. The van der Waals surface area contributed by atoms with Crippen molar-refractivity contribution in [1.82, 2.24) is 5.32 Å². The van der Waals surface area contributed by atoms with Gasteiger partial charge in [-0.3, -0.25) is 9.59 Å². The molecule has 0 unspecified atom stereocenters. The van der Waals surface area contributed by atoms with Gasteiger partial charge in [0.25, 0.3) is 5.91 Å². The summed E-state index contributed by atoms with van der Waals surface area (Å²) in [4.78, 5) is 26.9. The number of likely N-dealkylation sites (N-methyl/N-ethyl adjacent to an activating group) is 1. The fourth-order valence-corrected chi connectivity index (χ4v) is 3.93. The number of benzene rings is 3. The molecule has 0 spiro atoms. The lowest BCUT2D eigenvalue weighted by molar-refractivity contribution is -0.127. The van der Waals surface area contributed by atoms with E-state index in [1.54, 1.807) is 13.1 Å². The average Bonchev–Trinajstić information content (AvgIpc) is 3.16. The van der Waals surface area contributed by atoms with Crippen molar-refractivity contribution in [2.45, 2.75) is 6.10 Å². The number of fused-ring (bicyclic) bond motifs is 4. The summed E-state index contributed by atoms with van der Waals surface area (Å²) in [5.74, 6) is 0.179. The average molecular weight is 415 g/mol. The summed E-state index contributed by atoms with van der Waals surface area (Å²) in [6, 6.07) is 20.8. The van der Waals surface area contributed by atoms with E-state index in [-0.39, 0.29) is 24.9 Å². The molecule has 156 valence electrons. The number of furan rings is 1. The minimum atomic E-state index is -0.679. The third kappa shape index (κ3) is 3.54. The van der Waals surface area contributed by atoms with Crippen molar-refractivity contribution in [3.63, 3.8) is 0 Å². The topological polar surface area (TPSA) is 83.8 Å². The van der Waals surface area contributed by atoms with Crippen molar-refractivity contribution in [3.05, 3.63) is 66.7 Å². The van der Waals surface area contributed by atoms with Crippen LogP contribution in [0.4, 0.5) is 11.4 Å². The Labute approximate surface area is 178 Å². The molecule has 2 N–H and O–H groups in total. The molecule has 0 bridgehead atoms. The Morgan fingerprint density at radius 3 is 2.65 bits per heavy atom. The second kappa shape index (κ2) is 7.68. The quantitative estimate of drug-likeness (QED) is 0.533. The molecule has 1 atom stereocenters. The lowest BCUT2D eigenvalue weighted by Gasteiger charge is -2.34. The Bertz CT molecular complexity index is 1300. The predicted molar refractivity (Wildman–Crippen MR) is 119 cm³/mol. The third-order valence-corrected chi connectivity index (χ3v) is 5.40. The van der Waals surface area contributed by atoms with Crippen LogP contribution in [0, 0.1) is 0 Å². The smallest absolute Gasteiger partial charge is 0.262 e. The van der Waals surface area contributed by atoms with E-state index in [9.17, 15) is 9.59 Å². The third-order valence-electron chi connectivity index (χ3n) is 5.40. The number of nitrogens with zero attached hydrogens (tertiary/aromatic N) is 1. The van der Waals surface area contributed by atoms with E-state index in [2.05, 4.69) is 10.6 Å². The van der Waals surface area contributed by atoms with E-state index >= 15 is 0 Å². The number of nitrogens with one attached hydrogen (secondary N) is 2. The molecule has 0 saturated carbocycles. The number of ether oxygens (including phenoxy) is 1. The summed E-state index contributed by atoms with van der Waals surface area (Å²) >= 11 is 0. The molecule has 5 rings (SSSR count). The molecule has 1 aliphatic rings. The first-order valence-corrected chi connectivity index (χ1v) is 10.1. The molecular weight excluding hydrogens is 394 g/mol. The number of rotatable bonds is 4. The minimum Gasteiger partial charge on any atom is -0.477 e. The zero-order valence-corrected chi connectivity index (χ0v) is 16.9. The van der Waals surface area contributed by atoms with Crippen molar-refractivity contribution in [1.29, 1.82) is 0 Å². The number of amides is 2. The van der Waals surface area contributed by atoms with Gasteiger partial charge < -0.3 is 24.7 Å². The van der Waals surface area contributed by atoms with Crippen molar-refractivity contribution in [2.24, 2.45) is 0 Å². The summed E-state index contributed by atoms with van der Waals surface area (Å²) < 4.78 is 11.6. The van der Waals surface area contributed by atoms with Crippen LogP contribution in [0.1, 0.15) is 0 Å². The highest BCUT2D eigenvalue weighted by Crippen LogP contribution is 2.33. The van der Waals surface area contributed by atoms with Gasteiger partial charge in [-0.2, -0.15) is 0 Å². The van der Waals surface area contributed by atoms with Crippen LogP contribution in [0.25, 0.3) is 21.9 Å². The van der Waals surface area contributed by atoms with Crippen molar-refractivity contribution < 1.29 is 18.7 Å². The predicted octanol–water partition coefficient (Wildman–Crippen LogP) is 3.54. The summed E-state index contributed by atoms with van der Waals surface area (Å²) in [5.41, 5.74) is 3.06. The van der Waals surface area contributed by atoms with Gasteiger partial charge in [0.2, 0.25) is 5.91 Å². The second-order valence-corrected chi connectivity index (χ2v) is 7.43. The molecule has 31 heavy (non-hydrogen) atoms. The molecule has 3 aromatic carbocycles. The molecule has 0 saturated heterocycles. The molecule has 7 heteroatoms. The molecule has 1 aliphatic heterocycles. The van der Waals surface area contributed by atoms with Gasteiger partial charge in [0.15, 0.2) is 6.10 Å². The lowest BCUT2D eigenvalue weighted by Crippen LogP contribution is -2.50. The number of carbonyl (C=O) groups is 2. The molecule has 0 aliphatic carbocycles. The maximum atomic E-state index is 12.9. The number of anilines is 2. The Morgan fingerprint density at radius 1 is 1.00 bits per heavy atom. The Balaban J connectivity index is 1.37. The fraction of sp³-hybridized carbons (Fsp3) is 0.167. The van der Waals surface area contributed by atoms with Crippen LogP contribution in [0.3, 0.4) is 0 Å². The van der Waals surface area contributed by atoms with Crippen molar-refractivity contribution in [2.75, 3.05) is 30.4 Å². The highest BCUT2D eigenvalue weighted by Gasteiger charge is 2.31. The highest BCUT2D eigenvalue weighted by atomic mass is 16.5. The van der Waals surface area contributed by atoms with E-state index < -0.39 is 6.10 Å². The van der Waals surface area contributed by atoms with Gasteiger partial charge >= 0.3 is 0 Å². The Hall–Kier alpha value is -4.00. The number of hydrogen-bond acceptors (Lipinski definition) is 5. The van der Waals surface area contributed by atoms with Crippen molar-refractivity contribution in [3.8, 4) is 5.75 Å². The van der Waals surface area contributed by atoms with Crippen LogP contribution in [-0.4, -0.2) is 38.1 Å². The fourth-order valence-electron chi connectivity index (χ4n) is 3.93. The SMILES string of the molecule is CNC(=O)[C@H]1CN(CC(=O)Nc2ccc3oc4ccccc4c3c2)c2ccccc2O1. The van der Waals surface area contributed by atoms with E-state index in [0.717, 1.165) is 27.6 Å². The molecule has 2 heterocycles. The van der Waals surface area contributed by atoms with Crippen LogP contribution in [0.2, 0.25) is 0 Å². The van der Waals surface area contributed by atoms with Gasteiger partial charge in [0, 0.05) is 23.5 Å². The van der Waals surface area contributed by atoms with Crippen LogP contribution in [-0.2, 0) is 9.59 Å². The van der Waals surface area contributed by atoms with Gasteiger partial charge in [0.1, 0.15) is 16.9 Å². The summed E-state index contributed by atoms with van der Waals surface area (Å²) in [6.07, 6.45) is -0.679. The van der Waals surface area contributed by atoms with Crippen LogP contribution < -0.4 is 20.3 Å². The summed E-state index contributed by atoms with van der Waals surface area (Å²) in [6.45, 7) is 0.382. The normalized spacial score (nSPS) is 15.4. The van der Waals surface area contributed by atoms with Gasteiger partial charge in [0.05, 0.1) is 18.8 Å². The minimum absolute atomic E-state index is 0.0953. The van der Waals surface area contributed by atoms with E-state index in [4.69, 9.17) is 9.15 Å². The number of para-hydroxylation sites is 3. The second-order valence-electron chi connectivity index (χ2n) is 7.43. The molecule has 0 fully saturated rings. The monoisotopic (exact) mass is 415 g/mol. The first kappa shape index (κ1) is 19.0. The molecule has 0 radical (unpaired) electrons. The van der Waals surface area contributed by atoms with Crippen molar-refractivity contribution >= 4 is 45.1 Å². The molecule has 1 aromatic heterocycles. The summed E-state index contributed by atoms with van der Waals surface area (Å²) in [5, 5.41) is 7.52. The van der Waals surface area contributed by atoms with E-state index in [0.29, 0.717) is 11.4 Å². The van der Waals surface area contributed by atoms with Crippen LogP contribution in [0.5, 0.6) is 5.75 Å². The van der Waals surface area contributed by atoms with Gasteiger partial charge in [-0.05, 0) is 36.4 Å². The molecule has 7 nitrogen and oxygen atoms in total. The van der Waals surface area contributed by atoms with Gasteiger partial charge in [-0.1, -0.05) is 30.3 Å². The van der Waals surface area contributed by atoms with Crippen LogP contribution in [0.15, 0.2) is 71.1 Å². The lowest BCUT2D eigenvalue weighted by atomic mass is 10.1. The zero-order valence-electron chi connectivity index (χ0n) is 16.9. The first-order valence-electron chi connectivity index (χ1n) is 10.1. The highest BCUT2D eigenvalue weighted by molar-refractivity contribution is 6.07. The van der Waals surface area contributed by atoms with E-state index in [1.165, 1.54) is 0 Å². The molecular formula is C24H21N3O4. The summed E-state index contributed by atoms with van der Waals surface area (Å²) in [7, 11) is 1.57. The van der Waals surface area contributed by atoms with Crippen LogP contribution >= 0.6 is 0 Å².